The molecule has 8 nitrogen and oxygen atoms in total. The minimum Gasteiger partial charge on any atom is -0.455 e. The number of hydrogen-bond acceptors (Lipinski definition) is 7. The number of thioether (sulfide) groups is 1. The molecule has 0 aliphatic carbocycles. The Hall–Kier alpha value is -0.946. The summed E-state index contributed by atoms with van der Waals surface area (Å²) in [5.74, 6) is 0. The van der Waals surface area contributed by atoms with Gasteiger partial charge in [-0.2, -0.15) is 0 Å². The highest BCUT2D eigenvalue weighted by Gasteiger charge is 2.32. The second-order valence-electron chi connectivity index (χ2n) is 7.18. The highest BCUT2D eigenvalue weighted by Crippen LogP contribution is 2.24. The van der Waals surface area contributed by atoms with Crippen LogP contribution in [0, 0.1) is 0 Å². The third-order valence-corrected chi connectivity index (χ3v) is 13.2. The molecule has 0 aliphatic rings. The Labute approximate surface area is 162 Å². The molecule has 146 valence electrons. The van der Waals surface area contributed by atoms with Gasteiger partial charge in [-0.25, -0.2) is 9.97 Å². The Morgan fingerprint density at radius 3 is 2.54 bits per heavy atom. The average Bonchev–Trinajstić information content (AvgIpc) is 2.58. The van der Waals surface area contributed by atoms with Crippen LogP contribution in [0.1, 0.15) is 12.0 Å². The molecule has 0 saturated heterocycles. The van der Waals surface area contributed by atoms with Crippen molar-refractivity contribution in [2.75, 3.05) is 25.1 Å². The van der Waals surface area contributed by atoms with Gasteiger partial charge in [-0.3, -0.25) is 0 Å². The van der Waals surface area contributed by atoms with Crippen molar-refractivity contribution in [1.82, 2.24) is 9.97 Å². The number of ether oxygens (including phenoxy) is 1. The summed E-state index contributed by atoms with van der Waals surface area (Å²) in [6.45, 7) is 10.9. The molecule has 1 rings (SSSR count). The lowest BCUT2D eigenvalue weighted by molar-refractivity contribution is 0.127. The summed E-state index contributed by atoms with van der Waals surface area (Å²) in [6.07, 6.45) is 4.59. The van der Waals surface area contributed by atoms with Crippen molar-refractivity contribution >= 4 is 28.4 Å². The van der Waals surface area contributed by atoms with Crippen LogP contribution < -0.4 is 5.73 Å². The van der Waals surface area contributed by atoms with Crippen molar-refractivity contribution in [3.8, 4) is 0 Å². The van der Waals surface area contributed by atoms with Crippen molar-refractivity contribution in [1.29, 1.82) is 0 Å². The van der Waals surface area contributed by atoms with E-state index in [0.717, 1.165) is 35.1 Å². The summed E-state index contributed by atoms with van der Waals surface area (Å²) < 4.78 is 11.9. The fourth-order valence-electron chi connectivity index (χ4n) is 2.43. The predicted octanol–water partition coefficient (Wildman–Crippen LogP) is 3.71. The molecule has 1 aromatic rings. The van der Waals surface area contributed by atoms with Crippen molar-refractivity contribution in [2.45, 2.75) is 50.4 Å². The summed E-state index contributed by atoms with van der Waals surface area (Å²) in [4.78, 5) is 11.5. The third-order valence-electron chi connectivity index (χ3n) is 3.43. The fourth-order valence-corrected chi connectivity index (χ4v) is 12.8. The minimum absolute atomic E-state index is 0.329. The molecule has 1 aromatic heterocycles. The van der Waals surface area contributed by atoms with Gasteiger partial charge in [0.1, 0.15) is 0 Å². The second kappa shape index (κ2) is 11.7. The van der Waals surface area contributed by atoms with Crippen LogP contribution in [0.4, 0.5) is 0 Å². The molecular formula is C15H30N6O2SSi2. The van der Waals surface area contributed by atoms with E-state index in [0.29, 0.717) is 19.8 Å². The molecule has 0 amide bonds. The third kappa shape index (κ3) is 10.3. The first-order valence-electron chi connectivity index (χ1n) is 8.70. The van der Waals surface area contributed by atoms with Gasteiger partial charge in [-0.1, -0.05) is 16.9 Å². The molecule has 26 heavy (non-hydrogen) atoms. The Morgan fingerprint density at radius 2 is 1.92 bits per heavy atom. The maximum atomic E-state index is 8.19. The standard InChI is InChI=1S/C15H30N6O2SSi2/c1-25(2,9-5-6-16)23-26(3,4)13-24-15-18-10-14(11-19-15)12-22-8-7-20-21-17/h10-11H,5-9,12-13,16H2,1-4H3. The van der Waals surface area contributed by atoms with Crippen LogP contribution in [-0.2, 0) is 15.5 Å². The van der Waals surface area contributed by atoms with E-state index in [1.54, 1.807) is 24.2 Å². The lowest BCUT2D eigenvalue weighted by Crippen LogP contribution is -2.46. The summed E-state index contributed by atoms with van der Waals surface area (Å²) in [7, 11) is -3.43. The van der Waals surface area contributed by atoms with Crippen LogP contribution in [0.25, 0.3) is 10.4 Å². The molecule has 0 unspecified atom stereocenters. The van der Waals surface area contributed by atoms with Gasteiger partial charge in [0, 0.05) is 34.8 Å². The van der Waals surface area contributed by atoms with Crippen LogP contribution in [-0.4, -0.2) is 51.7 Å². The lowest BCUT2D eigenvalue weighted by atomic mass is 10.4. The maximum absolute atomic E-state index is 8.19. The Morgan fingerprint density at radius 1 is 1.23 bits per heavy atom. The maximum Gasteiger partial charge on any atom is 0.187 e. The van der Waals surface area contributed by atoms with Gasteiger partial charge in [-0.15, -0.1) is 0 Å². The highest BCUT2D eigenvalue weighted by molar-refractivity contribution is 8.00. The van der Waals surface area contributed by atoms with Gasteiger partial charge < -0.3 is 14.6 Å². The summed E-state index contributed by atoms with van der Waals surface area (Å²) in [5.41, 5.74) is 14.7. The van der Waals surface area contributed by atoms with Crippen molar-refractivity contribution in [3.63, 3.8) is 0 Å². The Kier molecular flexibility index (Phi) is 10.4. The SMILES string of the molecule is C[Si](C)(CCCN)O[Si](C)(C)CSc1ncc(COCCN=[N+]=[N-])cn1. The van der Waals surface area contributed by atoms with Crippen LogP contribution in [0.3, 0.4) is 0 Å². The Balaban J connectivity index is 2.42. The summed E-state index contributed by atoms with van der Waals surface area (Å²) >= 11 is 1.65. The van der Waals surface area contributed by atoms with E-state index in [4.69, 9.17) is 20.1 Å². The van der Waals surface area contributed by atoms with Crippen molar-refractivity contribution in [2.24, 2.45) is 10.8 Å². The largest absolute Gasteiger partial charge is 0.455 e. The van der Waals surface area contributed by atoms with E-state index in [9.17, 15) is 0 Å². The zero-order valence-corrected chi connectivity index (χ0v) is 19.0. The van der Waals surface area contributed by atoms with Crippen molar-refractivity contribution in [3.05, 3.63) is 28.4 Å². The first-order valence-corrected chi connectivity index (χ1v) is 15.9. The molecule has 0 fully saturated rings. The smallest absolute Gasteiger partial charge is 0.187 e. The number of rotatable bonds is 13. The zero-order valence-electron chi connectivity index (χ0n) is 16.1. The van der Waals surface area contributed by atoms with Gasteiger partial charge in [0.15, 0.2) is 21.8 Å². The number of azide groups is 1. The van der Waals surface area contributed by atoms with Crippen LogP contribution >= 0.6 is 11.8 Å². The lowest BCUT2D eigenvalue weighted by Gasteiger charge is -2.33. The molecule has 2 N–H and O–H groups in total. The second-order valence-corrected chi connectivity index (χ2v) is 17.3. The monoisotopic (exact) mass is 414 g/mol. The average molecular weight is 415 g/mol. The molecule has 1 heterocycles. The topological polar surface area (TPSA) is 119 Å². The van der Waals surface area contributed by atoms with E-state index < -0.39 is 16.6 Å². The van der Waals surface area contributed by atoms with E-state index in [-0.39, 0.29) is 0 Å². The fraction of sp³-hybridized carbons (Fsp3) is 0.733. The van der Waals surface area contributed by atoms with E-state index in [1.165, 1.54) is 0 Å². The number of nitrogens with zero attached hydrogens (tertiary/aromatic N) is 5. The summed E-state index contributed by atoms with van der Waals surface area (Å²) in [5, 5.41) is 5.10. The predicted molar refractivity (Wildman–Crippen MR) is 111 cm³/mol. The van der Waals surface area contributed by atoms with Gasteiger partial charge in [0.05, 0.1) is 13.2 Å². The van der Waals surface area contributed by atoms with Gasteiger partial charge in [-0.05, 0) is 50.7 Å². The van der Waals surface area contributed by atoms with E-state index in [2.05, 4.69) is 46.2 Å². The Bertz CT molecular complexity index is 582. The van der Waals surface area contributed by atoms with E-state index in [1.807, 2.05) is 0 Å². The minimum atomic E-state index is -1.78. The molecule has 0 atom stereocenters. The first-order chi connectivity index (χ1) is 12.3. The molecular weight excluding hydrogens is 384 g/mol. The number of nitrogens with two attached hydrogens (primary N) is 1. The quantitative estimate of drug-likeness (QED) is 0.0999. The summed E-state index contributed by atoms with van der Waals surface area (Å²) in [6, 6.07) is 1.11. The molecule has 0 aliphatic heterocycles. The number of aromatic nitrogens is 2. The zero-order chi connectivity index (χ0) is 19.5. The normalized spacial score (nSPS) is 12.0. The van der Waals surface area contributed by atoms with Crippen LogP contribution in [0.5, 0.6) is 0 Å². The molecule has 11 heteroatoms. The van der Waals surface area contributed by atoms with Gasteiger partial charge in [0.25, 0.3) is 0 Å². The van der Waals surface area contributed by atoms with Crippen LogP contribution in [0.15, 0.2) is 22.7 Å². The van der Waals surface area contributed by atoms with Gasteiger partial charge >= 0.3 is 0 Å². The van der Waals surface area contributed by atoms with Crippen molar-refractivity contribution < 1.29 is 8.85 Å². The van der Waals surface area contributed by atoms with Crippen LogP contribution in [0.2, 0.25) is 32.2 Å². The first kappa shape index (κ1) is 23.1. The van der Waals surface area contributed by atoms with E-state index >= 15 is 0 Å². The molecule has 0 bridgehead atoms. The highest BCUT2D eigenvalue weighted by atomic mass is 32.2. The molecule has 0 saturated carbocycles. The number of hydrogen-bond donors (Lipinski definition) is 1. The molecule has 0 aromatic carbocycles. The molecule has 0 spiro atoms. The molecule has 0 radical (unpaired) electrons. The van der Waals surface area contributed by atoms with Gasteiger partial charge in [0.2, 0.25) is 0 Å².